The van der Waals surface area contributed by atoms with E-state index >= 15 is 0 Å². The molecule has 102 valence electrons. The summed E-state index contributed by atoms with van der Waals surface area (Å²) in [5.41, 5.74) is 0.779. The molecule has 1 aromatic rings. The molecule has 0 saturated heterocycles. The van der Waals surface area contributed by atoms with Gasteiger partial charge in [0, 0.05) is 12.1 Å². The third-order valence-electron chi connectivity index (χ3n) is 2.62. The molecule has 0 saturated carbocycles. The predicted octanol–water partition coefficient (Wildman–Crippen LogP) is 3.15. The van der Waals surface area contributed by atoms with Crippen LogP contribution in [0.15, 0.2) is 12.3 Å². The topological polar surface area (TPSA) is 34.2 Å². The van der Waals surface area contributed by atoms with E-state index in [1.54, 1.807) is 0 Å². The lowest BCUT2D eigenvalue weighted by atomic mass is 10.1. The lowest BCUT2D eigenvalue weighted by Gasteiger charge is -2.11. The van der Waals surface area contributed by atoms with Gasteiger partial charge in [-0.15, -0.1) is 0 Å². The van der Waals surface area contributed by atoms with Crippen LogP contribution >= 0.6 is 0 Å². The minimum absolute atomic E-state index is 0.322. The summed E-state index contributed by atoms with van der Waals surface area (Å²) in [6, 6.07) is 1.48. The molecule has 0 unspecified atom stereocenters. The van der Waals surface area contributed by atoms with Crippen molar-refractivity contribution in [2.45, 2.75) is 40.2 Å². The van der Waals surface area contributed by atoms with Crippen LogP contribution in [0.4, 0.5) is 4.39 Å². The minimum atomic E-state index is -0.322. The standard InChI is InChI=1S/C14H23FN2O/c1-4-16-9-12-8-13(15)10-17-14(12)18-7-5-6-11(2)3/h8,10-11,16H,4-7,9H2,1-3H3. The van der Waals surface area contributed by atoms with Crippen LogP contribution in [0.2, 0.25) is 0 Å². The number of hydrogen-bond acceptors (Lipinski definition) is 3. The van der Waals surface area contributed by atoms with Crippen LogP contribution in [0.1, 0.15) is 39.2 Å². The summed E-state index contributed by atoms with van der Waals surface area (Å²) in [6.45, 7) is 8.44. The van der Waals surface area contributed by atoms with Gasteiger partial charge in [0.1, 0.15) is 5.82 Å². The number of nitrogens with zero attached hydrogens (tertiary/aromatic N) is 1. The highest BCUT2D eigenvalue weighted by Crippen LogP contribution is 2.16. The lowest BCUT2D eigenvalue weighted by Crippen LogP contribution is -2.14. The first-order chi connectivity index (χ1) is 8.63. The monoisotopic (exact) mass is 254 g/mol. The first-order valence-corrected chi connectivity index (χ1v) is 6.61. The van der Waals surface area contributed by atoms with Crippen molar-refractivity contribution in [3.63, 3.8) is 0 Å². The fraction of sp³-hybridized carbons (Fsp3) is 0.643. The molecule has 4 heteroatoms. The Bertz CT molecular complexity index is 356. The van der Waals surface area contributed by atoms with Gasteiger partial charge in [-0.3, -0.25) is 0 Å². The SMILES string of the molecule is CCNCc1cc(F)cnc1OCCCC(C)C. The zero-order chi connectivity index (χ0) is 13.4. The van der Waals surface area contributed by atoms with Crippen molar-refractivity contribution in [1.82, 2.24) is 10.3 Å². The van der Waals surface area contributed by atoms with Gasteiger partial charge in [0.25, 0.3) is 0 Å². The zero-order valence-electron chi connectivity index (χ0n) is 11.5. The largest absolute Gasteiger partial charge is 0.477 e. The number of nitrogens with one attached hydrogen (secondary N) is 1. The van der Waals surface area contributed by atoms with E-state index in [-0.39, 0.29) is 5.82 Å². The van der Waals surface area contributed by atoms with E-state index in [1.807, 2.05) is 6.92 Å². The Hall–Kier alpha value is -1.16. The highest BCUT2D eigenvalue weighted by molar-refractivity contribution is 5.26. The summed E-state index contributed by atoms with van der Waals surface area (Å²) >= 11 is 0. The van der Waals surface area contributed by atoms with Crippen molar-refractivity contribution in [2.24, 2.45) is 5.92 Å². The van der Waals surface area contributed by atoms with Gasteiger partial charge in [0.05, 0.1) is 12.8 Å². The van der Waals surface area contributed by atoms with Gasteiger partial charge in [0.15, 0.2) is 0 Å². The average molecular weight is 254 g/mol. The van der Waals surface area contributed by atoms with Gasteiger partial charge >= 0.3 is 0 Å². The summed E-state index contributed by atoms with van der Waals surface area (Å²) in [6.07, 6.45) is 3.33. The van der Waals surface area contributed by atoms with Crippen molar-refractivity contribution < 1.29 is 9.13 Å². The maximum atomic E-state index is 13.1. The van der Waals surface area contributed by atoms with Gasteiger partial charge in [-0.05, 0) is 31.4 Å². The summed E-state index contributed by atoms with van der Waals surface area (Å²) in [4.78, 5) is 4.01. The van der Waals surface area contributed by atoms with Crippen molar-refractivity contribution in [3.05, 3.63) is 23.6 Å². The molecule has 1 aromatic heterocycles. The second kappa shape index (κ2) is 8.03. The molecule has 0 radical (unpaired) electrons. The molecule has 0 aliphatic rings. The van der Waals surface area contributed by atoms with E-state index in [0.717, 1.165) is 24.9 Å². The second-order valence-electron chi connectivity index (χ2n) is 4.78. The van der Waals surface area contributed by atoms with E-state index in [1.165, 1.54) is 12.3 Å². The molecule has 0 spiro atoms. The molecule has 1 rings (SSSR count). The van der Waals surface area contributed by atoms with E-state index in [9.17, 15) is 4.39 Å². The van der Waals surface area contributed by atoms with E-state index < -0.39 is 0 Å². The normalized spacial score (nSPS) is 10.9. The summed E-state index contributed by atoms with van der Waals surface area (Å²) in [5, 5.41) is 3.15. The number of pyridine rings is 1. The Morgan fingerprint density at radius 1 is 1.44 bits per heavy atom. The van der Waals surface area contributed by atoms with Crippen LogP contribution in [-0.4, -0.2) is 18.1 Å². The van der Waals surface area contributed by atoms with E-state index in [4.69, 9.17) is 4.74 Å². The smallest absolute Gasteiger partial charge is 0.218 e. The number of halogens is 1. The van der Waals surface area contributed by atoms with Gasteiger partial charge in [-0.1, -0.05) is 20.8 Å². The van der Waals surface area contributed by atoms with Crippen molar-refractivity contribution in [1.29, 1.82) is 0 Å². The number of ether oxygens (including phenoxy) is 1. The predicted molar refractivity (Wildman–Crippen MR) is 71.1 cm³/mol. The molecule has 18 heavy (non-hydrogen) atoms. The van der Waals surface area contributed by atoms with Crippen LogP contribution in [-0.2, 0) is 6.54 Å². The third kappa shape index (κ3) is 5.45. The Morgan fingerprint density at radius 2 is 2.22 bits per heavy atom. The van der Waals surface area contributed by atoms with Crippen LogP contribution in [0.5, 0.6) is 5.88 Å². The zero-order valence-corrected chi connectivity index (χ0v) is 11.5. The molecule has 0 amide bonds. The number of rotatable bonds is 8. The highest BCUT2D eigenvalue weighted by atomic mass is 19.1. The van der Waals surface area contributed by atoms with E-state index in [0.29, 0.717) is 24.9 Å². The molecule has 0 atom stereocenters. The molecule has 0 aromatic carbocycles. The van der Waals surface area contributed by atoms with Crippen LogP contribution in [0, 0.1) is 11.7 Å². The minimum Gasteiger partial charge on any atom is -0.477 e. The quantitative estimate of drug-likeness (QED) is 0.724. The molecule has 0 aliphatic carbocycles. The Labute approximate surface area is 109 Å². The summed E-state index contributed by atoms with van der Waals surface area (Å²) in [7, 11) is 0. The first-order valence-electron chi connectivity index (χ1n) is 6.61. The van der Waals surface area contributed by atoms with Gasteiger partial charge in [0.2, 0.25) is 5.88 Å². The number of hydrogen-bond donors (Lipinski definition) is 1. The van der Waals surface area contributed by atoms with Crippen LogP contribution in [0.3, 0.4) is 0 Å². The molecule has 0 aliphatic heterocycles. The molecule has 0 fully saturated rings. The lowest BCUT2D eigenvalue weighted by molar-refractivity contribution is 0.282. The van der Waals surface area contributed by atoms with Crippen LogP contribution in [0.25, 0.3) is 0 Å². The van der Waals surface area contributed by atoms with Gasteiger partial charge < -0.3 is 10.1 Å². The maximum Gasteiger partial charge on any atom is 0.218 e. The second-order valence-corrected chi connectivity index (χ2v) is 4.78. The van der Waals surface area contributed by atoms with E-state index in [2.05, 4.69) is 24.1 Å². The molecule has 1 N–H and O–H groups in total. The molecular formula is C14H23FN2O. The Kier molecular flexibility index (Phi) is 6.65. The average Bonchev–Trinajstić information content (AvgIpc) is 2.33. The molecule has 1 heterocycles. The number of aromatic nitrogens is 1. The fourth-order valence-electron chi connectivity index (χ4n) is 1.65. The molecular weight excluding hydrogens is 231 g/mol. The first kappa shape index (κ1) is 14.9. The maximum absolute atomic E-state index is 13.1. The summed E-state index contributed by atoms with van der Waals surface area (Å²) < 4.78 is 18.7. The molecule has 0 bridgehead atoms. The van der Waals surface area contributed by atoms with Gasteiger partial charge in [-0.25, -0.2) is 9.37 Å². The van der Waals surface area contributed by atoms with Gasteiger partial charge in [-0.2, -0.15) is 0 Å². The highest BCUT2D eigenvalue weighted by Gasteiger charge is 2.07. The van der Waals surface area contributed by atoms with Crippen molar-refractivity contribution in [3.8, 4) is 5.88 Å². The summed E-state index contributed by atoms with van der Waals surface area (Å²) in [5.74, 6) is 0.898. The van der Waals surface area contributed by atoms with Crippen LogP contribution < -0.4 is 10.1 Å². The van der Waals surface area contributed by atoms with Crippen molar-refractivity contribution >= 4 is 0 Å². The fourth-order valence-corrected chi connectivity index (χ4v) is 1.65. The molecule has 3 nitrogen and oxygen atoms in total. The van der Waals surface area contributed by atoms with Crippen molar-refractivity contribution in [2.75, 3.05) is 13.2 Å². The Morgan fingerprint density at radius 3 is 2.89 bits per heavy atom. The third-order valence-corrected chi connectivity index (χ3v) is 2.62. The Balaban J connectivity index is 2.52.